The molecule has 2 aromatic heterocycles. The first-order chi connectivity index (χ1) is 62.2. The number of ether oxygens (including phenoxy) is 9. The second-order valence-electron chi connectivity index (χ2n) is 36.9. The van der Waals surface area contributed by atoms with Crippen LogP contribution in [0.2, 0.25) is 0 Å². The van der Waals surface area contributed by atoms with Crippen LogP contribution in [-0.2, 0) is 78.4 Å². The van der Waals surface area contributed by atoms with E-state index >= 15 is 0 Å². The number of carboxylic acid groups (broad SMARTS) is 1. The fraction of sp³-hybridized carbons (Fsp3) is 0.495. The van der Waals surface area contributed by atoms with Gasteiger partial charge in [-0.25, -0.2) is 38.7 Å². The highest BCUT2D eigenvalue weighted by molar-refractivity contribution is 6.08. The highest BCUT2D eigenvalue weighted by atomic mass is 16.6. The van der Waals surface area contributed by atoms with Crippen LogP contribution in [0.15, 0.2) is 107 Å². The van der Waals surface area contributed by atoms with E-state index in [1.165, 1.54) is 28.4 Å². The van der Waals surface area contributed by atoms with Crippen molar-refractivity contribution < 1.29 is 90.9 Å². The van der Waals surface area contributed by atoms with Gasteiger partial charge in [-0.05, 0) is 198 Å². The Bertz CT molecular complexity index is 5690. The molecule has 10 atom stereocenters. The highest BCUT2D eigenvalue weighted by Gasteiger charge is 2.46. The van der Waals surface area contributed by atoms with E-state index in [9.17, 15) is 43.2 Å². The number of carbonyl (C=O) groups is 9. The lowest BCUT2D eigenvalue weighted by atomic mass is 9.90. The maximum absolute atomic E-state index is 14.1. The van der Waals surface area contributed by atoms with Gasteiger partial charge in [-0.1, -0.05) is 91.8 Å². The molecule has 4 saturated heterocycles. The Hall–Kier alpha value is -12.7. The zero-order chi connectivity index (χ0) is 93.0. The molecule has 8 aromatic rings. The van der Waals surface area contributed by atoms with Gasteiger partial charge in [0.2, 0.25) is 17.7 Å². The van der Waals surface area contributed by atoms with Crippen LogP contribution >= 0.6 is 0 Å². The second-order valence-corrected chi connectivity index (χ2v) is 36.9. The number of rotatable bonds is 22. The van der Waals surface area contributed by atoms with Crippen molar-refractivity contribution in [2.24, 2.45) is 45.5 Å². The Kier molecular flexibility index (Phi) is 28.6. The first-order valence-corrected chi connectivity index (χ1v) is 44.7. The summed E-state index contributed by atoms with van der Waals surface area (Å²) < 4.78 is 48.4. The molecule has 6 aromatic carbocycles. The topological polar surface area (TPSA) is 400 Å². The van der Waals surface area contributed by atoms with Crippen LogP contribution in [0.4, 0.5) is 35.3 Å². The molecule has 0 unspecified atom stereocenters. The number of methoxy groups -OCH3 is 6. The smallest absolute Gasteiger partial charge is 0.410 e. The molecule has 8 amide bonds. The van der Waals surface area contributed by atoms with E-state index in [-0.39, 0.29) is 83.5 Å². The lowest BCUT2D eigenvalue weighted by Gasteiger charge is -2.31. The summed E-state index contributed by atoms with van der Waals surface area (Å²) in [6.07, 6.45) is 6.68. The Morgan fingerprint density at radius 1 is 0.477 bits per heavy atom. The zero-order valence-electron chi connectivity index (χ0n) is 77.0. The van der Waals surface area contributed by atoms with Gasteiger partial charge in [0.1, 0.15) is 66.1 Å². The van der Waals surface area contributed by atoms with Crippen LogP contribution in [0.3, 0.4) is 0 Å². The van der Waals surface area contributed by atoms with Crippen LogP contribution in [0.1, 0.15) is 161 Å². The Morgan fingerprint density at radius 3 is 1.24 bits per heavy atom. The number of carboxylic acids is 1. The van der Waals surface area contributed by atoms with Gasteiger partial charge in [0.15, 0.2) is 0 Å². The number of alkyl carbamates (subject to hydrolysis) is 4. The molecule has 0 bridgehead atoms. The summed E-state index contributed by atoms with van der Waals surface area (Å²) in [4.78, 5) is 146. The molecular weight excluding hydrogens is 1670 g/mol. The number of carbonyl (C=O) groups excluding carboxylic acids is 8. The van der Waals surface area contributed by atoms with Crippen molar-refractivity contribution in [1.29, 1.82) is 0 Å². The predicted molar refractivity (Wildman–Crippen MR) is 488 cm³/mol. The molecule has 7 N–H and O–H groups in total. The lowest BCUT2D eigenvalue weighted by molar-refractivity contribution is -0.140. The van der Waals surface area contributed by atoms with Crippen molar-refractivity contribution in [3.63, 3.8) is 0 Å². The van der Waals surface area contributed by atoms with E-state index in [0.717, 1.165) is 167 Å². The van der Waals surface area contributed by atoms with Crippen molar-refractivity contribution in [3.05, 3.63) is 131 Å². The number of likely N-dealkylation sites (tertiary alicyclic amines) is 4. The summed E-state index contributed by atoms with van der Waals surface area (Å²) in [5, 5.41) is 23.3. The van der Waals surface area contributed by atoms with E-state index in [4.69, 9.17) is 63.0 Å². The minimum Gasteiger partial charge on any atom is -0.488 e. The number of imidazole rings is 2. The number of fused-ring (bicyclic) bond motifs is 12. The molecule has 16 rings (SSSR count). The van der Waals surface area contributed by atoms with Crippen molar-refractivity contribution in [2.75, 3.05) is 82.1 Å². The number of nitrogens with one attached hydrogen (secondary N) is 6. The van der Waals surface area contributed by atoms with E-state index in [1.54, 1.807) is 28.1 Å². The molecule has 8 aliphatic rings. The Labute approximate surface area is 756 Å². The van der Waals surface area contributed by atoms with Gasteiger partial charge in [0.05, 0.1) is 101 Å². The number of amides is 8. The maximum atomic E-state index is 14.1. The number of aromatic amines is 2. The third-order valence-corrected chi connectivity index (χ3v) is 25.6. The molecule has 130 heavy (non-hydrogen) atoms. The summed E-state index contributed by atoms with van der Waals surface area (Å²) in [6, 6.07) is 25.9. The second kappa shape index (κ2) is 39.7. The molecule has 33 heteroatoms. The van der Waals surface area contributed by atoms with Gasteiger partial charge in [0.25, 0.3) is 0 Å². The first kappa shape index (κ1) is 93.5. The number of aliphatic imine (C=N–C) groups is 2. The van der Waals surface area contributed by atoms with Crippen molar-refractivity contribution in [2.45, 2.75) is 195 Å². The largest absolute Gasteiger partial charge is 0.488 e. The van der Waals surface area contributed by atoms with Gasteiger partial charge >= 0.3 is 36.4 Å². The molecule has 8 aliphatic heterocycles. The minimum absolute atomic E-state index is 0.108. The molecule has 0 saturated carbocycles. The summed E-state index contributed by atoms with van der Waals surface area (Å²) in [5.74, 6) is 1.39. The molecule has 10 heterocycles. The van der Waals surface area contributed by atoms with Crippen molar-refractivity contribution in [1.82, 2.24) is 60.8 Å². The molecule has 0 spiro atoms. The van der Waals surface area contributed by atoms with Crippen LogP contribution < -0.4 is 30.7 Å². The number of aromatic nitrogens is 4. The highest BCUT2D eigenvalue weighted by Crippen LogP contribution is 2.49. The number of benzene rings is 6. The number of aliphatic carboxylic acids is 1. The molecule has 692 valence electrons. The van der Waals surface area contributed by atoms with Gasteiger partial charge in [0, 0.05) is 87.6 Å². The SMILES string of the molecule is COC(=O)N[C@H](C(=O)O)C(C)C.COC[C@H]1C[C@@H](C2=Nc3ccc4cc5c(cc4c3C2)OCc2cc(-c3cnc([C@@H]4CCCN4C(=O)[C@@H](NC(=O)OC)C(C)C)[nH]3)ccc2-5)N(C(=O)OC(C)(C)C)C1.COC[C@H]1C[C@@H](C2=Nc3ccc4cc5c(cc4c3C2)OCc2cc(-c3cnc([C@@H]4CCCN4C(=O)[C@@H](NC(=O)OC)C(C)C)[nH]3)ccc2-5)N(C(=O)[C@@H](NC(=O)OC)C(C)C)C1. The van der Waals surface area contributed by atoms with Gasteiger partial charge in [-0.15, -0.1) is 0 Å². The van der Waals surface area contributed by atoms with Crippen molar-refractivity contribution >= 4 is 98.5 Å². The third-order valence-electron chi connectivity index (χ3n) is 25.6. The number of H-pyrrole nitrogens is 2. The summed E-state index contributed by atoms with van der Waals surface area (Å²) in [7, 11) is 8.44. The Morgan fingerprint density at radius 2 is 0.862 bits per heavy atom. The standard InChI is InChI=1S/C46H55N7O8.C44H52N6O7.C7H13NO4/c1-24(2)40(50-45(56)59-6)43(54)52-14-8-9-37(52)42-47-20-36(49-42)28-10-12-30-29(16-28)23-61-39-19-31-27(17-33(30)39)11-13-34-32(31)18-35(48-34)38-15-26(22-58-5)21-53(38)44(55)41(25(3)4)51-46(57)60-7;1-24(2)39(48-42(52)55-7)41(51)49-14-8-9-36(49)40-45-20-35(47-40)27-10-12-29-28(16-27)23-56-38-19-30-26(17-32(29)38)11-13-33-31(30)18-34(46-33)37-15-25(22-54-6)21-50(37)43(53)57-44(3,4)5;1-4(2)5(6(9)10)8-7(11)12-3/h10-13,16-17,19-20,24-26,37-38,40-41H,8-9,14-15,18,21-23H2,1-7H3,(H,47,49)(H,50,56)(H,51,57);10-13,16-17,19-20,24-25,36-37,39H,8-9,14-15,18,21-23H2,1-7H3,(H,45,47)(H,48,52);4-5H,1-3H3,(H,8,11)(H,9,10)/t26-,37-,38-,40-,41-;25-,36-,37-,39-;5-/m000/s1. The summed E-state index contributed by atoms with van der Waals surface area (Å²) in [5.41, 5.74) is 15.4. The molecule has 4 fully saturated rings. The first-order valence-electron chi connectivity index (χ1n) is 44.7. The van der Waals surface area contributed by atoms with E-state index in [2.05, 4.69) is 121 Å². The van der Waals surface area contributed by atoms with E-state index in [0.29, 0.717) is 71.3 Å². The summed E-state index contributed by atoms with van der Waals surface area (Å²) in [6.45, 7) is 24.7. The third kappa shape index (κ3) is 20.0. The predicted octanol–water partition coefficient (Wildman–Crippen LogP) is 14.9. The van der Waals surface area contributed by atoms with Crippen molar-refractivity contribution in [3.8, 4) is 56.3 Å². The van der Waals surface area contributed by atoms with E-state index < -0.39 is 60.1 Å². The number of nitrogens with zero attached hydrogens (tertiary/aromatic N) is 8. The average Bonchev–Trinajstić information content (AvgIpc) is 1.29. The minimum atomic E-state index is -1.06. The average molecular weight is 1790 g/mol. The molecule has 0 aliphatic carbocycles. The van der Waals surface area contributed by atoms with Crippen LogP contribution in [0.5, 0.6) is 11.5 Å². The maximum Gasteiger partial charge on any atom is 0.410 e. The van der Waals surface area contributed by atoms with Crippen LogP contribution in [-0.4, -0.2) is 234 Å². The van der Waals surface area contributed by atoms with Crippen LogP contribution in [0.25, 0.3) is 66.3 Å². The number of hydrogen-bond donors (Lipinski definition) is 7. The Balaban J connectivity index is 0.000000186. The van der Waals surface area contributed by atoms with E-state index in [1.807, 2.05) is 94.3 Å². The fourth-order valence-electron chi connectivity index (χ4n) is 19.0. The monoisotopic (exact) mass is 1780 g/mol. The van der Waals surface area contributed by atoms with Gasteiger partial charge < -0.3 is 93.7 Å². The number of hydrogen-bond acceptors (Lipinski definition) is 22. The molecule has 33 nitrogen and oxygen atoms in total. The molecular formula is C97H120N14O19. The zero-order valence-corrected chi connectivity index (χ0v) is 77.0. The fourth-order valence-corrected chi connectivity index (χ4v) is 19.0. The summed E-state index contributed by atoms with van der Waals surface area (Å²) >= 11 is 0. The molecule has 0 radical (unpaired) electrons. The van der Waals surface area contributed by atoms with Crippen LogP contribution in [0, 0.1) is 35.5 Å². The van der Waals surface area contributed by atoms with Gasteiger partial charge in [-0.3, -0.25) is 29.3 Å². The van der Waals surface area contributed by atoms with Gasteiger partial charge in [-0.2, -0.15) is 0 Å². The normalized spacial score (nSPS) is 19.6. The quantitative estimate of drug-likeness (QED) is 0.0310. The lowest BCUT2D eigenvalue weighted by Crippen LogP contribution is -2.53.